The summed E-state index contributed by atoms with van der Waals surface area (Å²) in [6.45, 7) is 1.79. The third-order valence-corrected chi connectivity index (χ3v) is 3.31. The zero-order chi connectivity index (χ0) is 13.4. The van der Waals surface area contributed by atoms with E-state index in [0.29, 0.717) is 0 Å². The van der Waals surface area contributed by atoms with E-state index in [2.05, 4.69) is 0 Å². The predicted octanol–water partition coefficient (Wildman–Crippen LogP) is 1.75. The lowest BCUT2D eigenvalue weighted by atomic mass is 9.97. The monoisotopic (exact) mass is 250 g/mol. The molecule has 0 aliphatic heterocycles. The molecule has 0 saturated heterocycles. The van der Waals surface area contributed by atoms with E-state index in [1.165, 1.54) is 6.07 Å². The summed E-state index contributed by atoms with van der Waals surface area (Å²) in [6, 6.07) is 4.80. The second-order valence-electron chi connectivity index (χ2n) is 4.40. The van der Waals surface area contributed by atoms with E-state index in [1.54, 1.807) is 6.07 Å². The first-order chi connectivity index (χ1) is 8.45. The molecule has 3 N–H and O–H groups in total. The number of carboxylic acid groups (broad SMARTS) is 1. The van der Waals surface area contributed by atoms with E-state index in [-0.39, 0.29) is 12.1 Å². The van der Waals surface area contributed by atoms with Gasteiger partial charge in [-0.05, 0) is 25.1 Å². The minimum atomic E-state index is -1.11. The number of nitrogens with two attached hydrogens (primary N) is 1. The number of halogens is 1. The molecule has 0 spiro atoms. The van der Waals surface area contributed by atoms with Crippen molar-refractivity contribution < 1.29 is 14.3 Å². The van der Waals surface area contributed by atoms with E-state index in [0.717, 1.165) is 16.6 Å². The van der Waals surface area contributed by atoms with Crippen molar-refractivity contribution in [2.45, 2.75) is 12.8 Å². The first-order valence-electron chi connectivity index (χ1n) is 5.64. The molecule has 4 nitrogen and oxygen atoms in total. The molecule has 1 aromatic carbocycles. The van der Waals surface area contributed by atoms with Gasteiger partial charge in [-0.3, -0.25) is 4.79 Å². The Bertz CT molecular complexity index is 619. The average molecular weight is 250 g/mol. The summed E-state index contributed by atoms with van der Waals surface area (Å²) < 4.78 is 15.8. The molecule has 1 aromatic heterocycles. The molecule has 0 bridgehead atoms. The van der Waals surface area contributed by atoms with Crippen LogP contribution in [0.1, 0.15) is 17.2 Å². The van der Waals surface area contributed by atoms with Gasteiger partial charge in [-0.2, -0.15) is 0 Å². The Kier molecular flexibility index (Phi) is 3.09. The summed E-state index contributed by atoms with van der Waals surface area (Å²) in [5.41, 5.74) is 7.34. The third-order valence-electron chi connectivity index (χ3n) is 3.31. The average Bonchev–Trinajstić information content (AvgIpc) is 2.56. The van der Waals surface area contributed by atoms with Crippen LogP contribution < -0.4 is 5.73 Å². The summed E-state index contributed by atoms with van der Waals surface area (Å²) in [5, 5.41) is 9.81. The van der Waals surface area contributed by atoms with Crippen LogP contribution in [0, 0.1) is 12.7 Å². The topological polar surface area (TPSA) is 68.2 Å². The maximum absolute atomic E-state index is 13.9. The van der Waals surface area contributed by atoms with Crippen LogP contribution in [0.15, 0.2) is 18.2 Å². The summed E-state index contributed by atoms with van der Waals surface area (Å²) in [4.78, 5) is 11.1. The van der Waals surface area contributed by atoms with Crippen molar-refractivity contribution in [3.05, 3.63) is 35.3 Å². The lowest BCUT2D eigenvalue weighted by Gasteiger charge is -2.12. The fourth-order valence-corrected chi connectivity index (χ4v) is 2.14. The Morgan fingerprint density at radius 1 is 1.50 bits per heavy atom. The highest BCUT2D eigenvalue weighted by Crippen LogP contribution is 2.26. The molecule has 0 fully saturated rings. The standard InChI is InChI=1S/C13H15FN2O2/c1-7-3-8-4-11(14)9(5-12(8)16(7)2)10(6-15)13(17)18/h3-5,10H,6,15H2,1-2H3,(H,17,18). The zero-order valence-electron chi connectivity index (χ0n) is 10.3. The molecule has 1 heterocycles. The van der Waals surface area contributed by atoms with Gasteiger partial charge in [-0.15, -0.1) is 0 Å². The van der Waals surface area contributed by atoms with Crippen molar-refractivity contribution in [3.8, 4) is 0 Å². The van der Waals surface area contributed by atoms with Crippen LogP contribution in [0.25, 0.3) is 10.9 Å². The summed E-state index contributed by atoms with van der Waals surface area (Å²) in [5.74, 6) is -2.64. The largest absolute Gasteiger partial charge is 0.481 e. The number of hydrogen-bond donors (Lipinski definition) is 2. The van der Waals surface area contributed by atoms with Crippen molar-refractivity contribution in [2.75, 3.05) is 6.54 Å². The van der Waals surface area contributed by atoms with E-state index in [9.17, 15) is 9.18 Å². The minimum absolute atomic E-state index is 0.124. The van der Waals surface area contributed by atoms with Gasteiger partial charge in [0.2, 0.25) is 0 Å². The van der Waals surface area contributed by atoms with Crippen molar-refractivity contribution in [2.24, 2.45) is 12.8 Å². The second-order valence-corrected chi connectivity index (χ2v) is 4.40. The highest BCUT2D eigenvalue weighted by molar-refractivity contribution is 5.85. The Morgan fingerprint density at radius 3 is 2.72 bits per heavy atom. The lowest BCUT2D eigenvalue weighted by molar-refractivity contribution is -0.138. The molecule has 0 saturated carbocycles. The number of carboxylic acids is 1. The van der Waals surface area contributed by atoms with Crippen molar-refractivity contribution >= 4 is 16.9 Å². The molecule has 0 radical (unpaired) electrons. The molecule has 96 valence electrons. The molecule has 2 aromatic rings. The van der Waals surface area contributed by atoms with Crippen LogP contribution in [-0.2, 0) is 11.8 Å². The van der Waals surface area contributed by atoms with Gasteiger partial charge in [-0.1, -0.05) is 0 Å². The highest BCUT2D eigenvalue weighted by atomic mass is 19.1. The zero-order valence-corrected chi connectivity index (χ0v) is 10.3. The van der Waals surface area contributed by atoms with Gasteiger partial charge in [0.25, 0.3) is 0 Å². The van der Waals surface area contributed by atoms with Crippen LogP contribution in [-0.4, -0.2) is 22.2 Å². The summed E-state index contributed by atoms with van der Waals surface area (Å²) >= 11 is 0. The SMILES string of the molecule is Cc1cc2cc(F)c(C(CN)C(=O)O)cc2n1C. The van der Waals surface area contributed by atoms with Crippen LogP contribution >= 0.6 is 0 Å². The highest BCUT2D eigenvalue weighted by Gasteiger charge is 2.22. The fourth-order valence-electron chi connectivity index (χ4n) is 2.14. The van der Waals surface area contributed by atoms with Crippen LogP contribution in [0.4, 0.5) is 4.39 Å². The molecule has 1 unspecified atom stereocenters. The van der Waals surface area contributed by atoms with Gasteiger partial charge in [0.1, 0.15) is 5.82 Å². The van der Waals surface area contributed by atoms with Gasteiger partial charge in [-0.25, -0.2) is 4.39 Å². The Labute approximate surface area is 104 Å². The number of hydrogen-bond acceptors (Lipinski definition) is 2. The van der Waals surface area contributed by atoms with E-state index < -0.39 is 17.7 Å². The molecule has 2 rings (SSSR count). The Balaban J connectivity index is 2.68. The van der Waals surface area contributed by atoms with Crippen LogP contribution in [0.2, 0.25) is 0 Å². The van der Waals surface area contributed by atoms with E-state index in [4.69, 9.17) is 10.8 Å². The van der Waals surface area contributed by atoms with Gasteiger partial charge >= 0.3 is 5.97 Å². The quantitative estimate of drug-likeness (QED) is 0.872. The number of nitrogens with zero attached hydrogens (tertiary/aromatic N) is 1. The van der Waals surface area contributed by atoms with Crippen LogP contribution in [0.3, 0.4) is 0 Å². The third kappa shape index (κ3) is 1.86. The van der Waals surface area contributed by atoms with Crippen LogP contribution in [0.5, 0.6) is 0 Å². The summed E-state index contributed by atoms with van der Waals surface area (Å²) in [7, 11) is 1.86. The number of aryl methyl sites for hydroxylation is 2. The van der Waals surface area contributed by atoms with E-state index >= 15 is 0 Å². The Hall–Kier alpha value is -1.88. The summed E-state index contributed by atoms with van der Waals surface area (Å²) in [6.07, 6.45) is 0. The normalized spacial score (nSPS) is 12.9. The predicted molar refractivity (Wildman–Crippen MR) is 67.0 cm³/mol. The molecule has 0 amide bonds. The maximum atomic E-state index is 13.9. The lowest BCUT2D eigenvalue weighted by Crippen LogP contribution is -2.22. The number of aliphatic carboxylic acids is 1. The van der Waals surface area contributed by atoms with Crippen molar-refractivity contribution in [1.29, 1.82) is 0 Å². The smallest absolute Gasteiger partial charge is 0.312 e. The van der Waals surface area contributed by atoms with Gasteiger partial charge < -0.3 is 15.4 Å². The number of aromatic nitrogens is 1. The molecule has 0 aliphatic rings. The molecule has 18 heavy (non-hydrogen) atoms. The van der Waals surface area contributed by atoms with Gasteiger partial charge in [0.15, 0.2) is 0 Å². The van der Waals surface area contributed by atoms with Crippen molar-refractivity contribution in [3.63, 3.8) is 0 Å². The molecule has 1 atom stereocenters. The van der Waals surface area contributed by atoms with Gasteiger partial charge in [0, 0.05) is 35.8 Å². The molecule has 0 aliphatic carbocycles. The first kappa shape index (κ1) is 12.6. The fraction of sp³-hybridized carbons (Fsp3) is 0.308. The molecule has 5 heteroatoms. The van der Waals surface area contributed by atoms with Crippen molar-refractivity contribution in [1.82, 2.24) is 4.57 Å². The molecular weight excluding hydrogens is 235 g/mol. The number of benzene rings is 1. The maximum Gasteiger partial charge on any atom is 0.312 e. The Morgan fingerprint density at radius 2 is 2.17 bits per heavy atom. The number of rotatable bonds is 3. The number of carbonyl (C=O) groups is 1. The second kappa shape index (κ2) is 4.42. The van der Waals surface area contributed by atoms with Gasteiger partial charge in [0.05, 0.1) is 5.92 Å². The molecular formula is C13H15FN2O2. The van der Waals surface area contributed by atoms with E-state index in [1.807, 2.05) is 24.6 Å². The minimum Gasteiger partial charge on any atom is -0.481 e. The number of fused-ring (bicyclic) bond motifs is 1. The first-order valence-corrected chi connectivity index (χ1v) is 5.64.